The molecule has 1 aliphatic rings. The summed E-state index contributed by atoms with van der Waals surface area (Å²) in [4.78, 5) is 49.7. The average Bonchev–Trinajstić information content (AvgIpc) is 2.86. The molecule has 3 N–H and O–H groups in total. The highest BCUT2D eigenvalue weighted by Crippen LogP contribution is 2.48. The van der Waals surface area contributed by atoms with Gasteiger partial charge in [-0.15, -0.1) is 0 Å². The summed E-state index contributed by atoms with van der Waals surface area (Å²) in [6, 6.07) is 0.828. The first-order chi connectivity index (χ1) is 13.2. The third-order valence-electron chi connectivity index (χ3n) is 4.36. The van der Waals surface area contributed by atoms with Gasteiger partial charge in [-0.25, -0.2) is 9.59 Å². The van der Waals surface area contributed by atoms with Gasteiger partial charge in [0, 0.05) is 16.5 Å². The number of benzene rings is 1. The van der Waals surface area contributed by atoms with E-state index in [0.717, 1.165) is 6.07 Å². The van der Waals surface area contributed by atoms with E-state index in [2.05, 4.69) is 0 Å². The minimum atomic E-state index is -2.95. The summed E-state index contributed by atoms with van der Waals surface area (Å²) in [7, 11) is 0. The zero-order valence-electron chi connectivity index (χ0n) is 14.9. The first-order valence-corrected chi connectivity index (χ1v) is 8.33. The predicted molar refractivity (Wildman–Crippen MR) is 91.0 cm³/mol. The molecule has 1 atom stereocenters. The molecule has 10 nitrogen and oxygen atoms in total. The number of rotatable bonds is 5. The van der Waals surface area contributed by atoms with Crippen molar-refractivity contribution in [1.82, 2.24) is 0 Å². The molecule has 0 amide bonds. The Kier molecular flexibility index (Phi) is 4.59. The lowest BCUT2D eigenvalue weighted by molar-refractivity contribution is -0.160. The van der Waals surface area contributed by atoms with E-state index in [1.54, 1.807) is 0 Å². The zero-order valence-corrected chi connectivity index (χ0v) is 14.9. The maximum atomic E-state index is 12.9. The lowest BCUT2D eigenvalue weighted by Gasteiger charge is -2.21. The predicted octanol–water partition coefficient (Wildman–Crippen LogP) is 0.257. The maximum Gasteiger partial charge on any atom is 0.351 e. The minimum absolute atomic E-state index is 0.00800. The SMILES string of the molecule is CCOC(=O)Cc1c2c3c(cc(O)c(O)c3oc1=O)C(=O)[C@@]2(O)C(=O)OCC. The minimum Gasteiger partial charge on any atom is -0.504 e. The molecule has 1 aliphatic carbocycles. The Balaban J connectivity index is 2.42. The smallest absolute Gasteiger partial charge is 0.351 e. The van der Waals surface area contributed by atoms with Crippen LogP contribution in [0.3, 0.4) is 0 Å². The van der Waals surface area contributed by atoms with Gasteiger partial charge in [-0.2, -0.15) is 0 Å². The van der Waals surface area contributed by atoms with Crippen LogP contribution in [0.15, 0.2) is 15.3 Å². The molecule has 1 aromatic carbocycles. The normalized spacial score (nSPS) is 17.8. The van der Waals surface area contributed by atoms with Crippen molar-refractivity contribution < 1.29 is 43.6 Å². The van der Waals surface area contributed by atoms with E-state index in [-0.39, 0.29) is 24.2 Å². The van der Waals surface area contributed by atoms with Crippen LogP contribution in [0, 0.1) is 0 Å². The van der Waals surface area contributed by atoms with Crippen LogP contribution in [0.25, 0.3) is 11.0 Å². The lowest BCUT2D eigenvalue weighted by atomic mass is 9.90. The van der Waals surface area contributed by atoms with Gasteiger partial charge in [0.15, 0.2) is 11.3 Å². The highest BCUT2D eigenvalue weighted by Gasteiger charge is 2.56. The molecule has 1 heterocycles. The number of Topliss-reactive ketones (excluding diaryl/α,β-unsaturated/α-hetero) is 1. The van der Waals surface area contributed by atoms with Crippen LogP contribution in [0.1, 0.15) is 35.3 Å². The lowest BCUT2D eigenvalue weighted by Crippen LogP contribution is -2.43. The van der Waals surface area contributed by atoms with Gasteiger partial charge in [-0.05, 0) is 19.9 Å². The second kappa shape index (κ2) is 6.64. The fourth-order valence-corrected chi connectivity index (χ4v) is 3.22. The molecule has 0 aliphatic heterocycles. The number of aliphatic hydroxyl groups is 1. The molecule has 28 heavy (non-hydrogen) atoms. The second-order valence-corrected chi connectivity index (χ2v) is 5.98. The molecule has 0 saturated heterocycles. The van der Waals surface area contributed by atoms with Crippen molar-refractivity contribution in [2.45, 2.75) is 25.9 Å². The Bertz CT molecular complexity index is 1080. The average molecular weight is 392 g/mol. The van der Waals surface area contributed by atoms with Crippen LogP contribution in [0.4, 0.5) is 0 Å². The monoisotopic (exact) mass is 392 g/mol. The molecule has 3 rings (SSSR count). The first-order valence-electron chi connectivity index (χ1n) is 8.33. The molecular formula is C18H16O10. The fraction of sp³-hybridized carbons (Fsp3) is 0.333. The molecule has 1 aromatic heterocycles. The molecule has 0 spiro atoms. The highest BCUT2D eigenvalue weighted by molar-refractivity contribution is 6.28. The van der Waals surface area contributed by atoms with Gasteiger partial charge in [0.05, 0.1) is 25.2 Å². The highest BCUT2D eigenvalue weighted by atomic mass is 16.6. The number of carbonyl (C=O) groups is 3. The number of hydrogen-bond donors (Lipinski definition) is 3. The summed E-state index contributed by atoms with van der Waals surface area (Å²) in [5.74, 6) is -5.07. The van der Waals surface area contributed by atoms with E-state index in [0.29, 0.717) is 0 Å². The van der Waals surface area contributed by atoms with E-state index in [4.69, 9.17) is 13.9 Å². The molecule has 0 bridgehead atoms. The fourth-order valence-electron chi connectivity index (χ4n) is 3.22. The molecular weight excluding hydrogens is 376 g/mol. The Morgan fingerprint density at radius 2 is 1.79 bits per heavy atom. The van der Waals surface area contributed by atoms with E-state index in [9.17, 15) is 34.5 Å². The zero-order chi connectivity index (χ0) is 20.8. The molecule has 10 heteroatoms. The van der Waals surface area contributed by atoms with Crippen LogP contribution >= 0.6 is 0 Å². The third kappa shape index (κ3) is 2.53. The van der Waals surface area contributed by atoms with E-state index in [1.807, 2.05) is 0 Å². The van der Waals surface area contributed by atoms with Gasteiger partial charge in [0.1, 0.15) is 0 Å². The molecule has 2 aromatic rings. The quantitative estimate of drug-likeness (QED) is 0.278. The van der Waals surface area contributed by atoms with Crippen molar-refractivity contribution >= 4 is 28.7 Å². The summed E-state index contributed by atoms with van der Waals surface area (Å²) in [5, 5.41) is 30.6. The number of carbonyl (C=O) groups excluding carboxylic acids is 3. The van der Waals surface area contributed by atoms with Crippen molar-refractivity contribution in [1.29, 1.82) is 0 Å². The van der Waals surface area contributed by atoms with Gasteiger partial charge in [-0.1, -0.05) is 0 Å². The first kappa shape index (κ1) is 19.4. The van der Waals surface area contributed by atoms with Crippen molar-refractivity contribution in [3.63, 3.8) is 0 Å². The molecule has 0 fully saturated rings. The van der Waals surface area contributed by atoms with Crippen LogP contribution in [-0.2, 0) is 31.1 Å². The van der Waals surface area contributed by atoms with Crippen LogP contribution in [-0.4, -0.2) is 46.3 Å². The Labute approximate surface area is 156 Å². The number of aromatic hydroxyl groups is 2. The molecule has 148 valence electrons. The van der Waals surface area contributed by atoms with Crippen LogP contribution in [0.2, 0.25) is 0 Å². The summed E-state index contributed by atoms with van der Waals surface area (Å²) >= 11 is 0. The van der Waals surface area contributed by atoms with Gasteiger partial charge in [0.2, 0.25) is 11.5 Å². The Morgan fingerprint density at radius 1 is 1.14 bits per heavy atom. The number of ether oxygens (including phenoxy) is 2. The molecule has 0 radical (unpaired) electrons. The van der Waals surface area contributed by atoms with Crippen LogP contribution in [0.5, 0.6) is 11.5 Å². The molecule has 0 saturated carbocycles. The Morgan fingerprint density at radius 3 is 2.39 bits per heavy atom. The number of phenols is 2. The second-order valence-electron chi connectivity index (χ2n) is 5.98. The van der Waals surface area contributed by atoms with Crippen LogP contribution < -0.4 is 5.63 Å². The summed E-state index contributed by atoms with van der Waals surface area (Å²) in [6.07, 6.45) is -0.697. The topological polar surface area (TPSA) is 161 Å². The van der Waals surface area contributed by atoms with Gasteiger partial charge in [-0.3, -0.25) is 9.59 Å². The summed E-state index contributed by atoms with van der Waals surface area (Å²) < 4.78 is 14.5. The van der Waals surface area contributed by atoms with E-state index in [1.165, 1.54) is 13.8 Å². The number of hydrogen-bond acceptors (Lipinski definition) is 10. The number of phenolic OH excluding ortho intramolecular Hbond substituents is 2. The molecule has 0 unspecified atom stereocenters. The maximum absolute atomic E-state index is 12.9. The Hall–Kier alpha value is -3.40. The summed E-state index contributed by atoms with van der Waals surface area (Å²) in [5.41, 5.74) is -6.13. The van der Waals surface area contributed by atoms with Crippen molar-refractivity contribution in [3.05, 3.63) is 33.2 Å². The number of esters is 2. The number of ketones is 1. The standard InChI is InChI=1S/C18H16O10/c1-3-26-10(20)6-8-12-11-7(15(22)18(12,25)17(24)27-4-2)5-9(19)13(21)14(11)28-16(8)23/h5,19,21,25H,3-4,6H2,1-2H3/t18-/m1/s1. The largest absolute Gasteiger partial charge is 0.504 e. The van der Waals surface area contributed by atoms with Gasteiger partial charge >= 0.3 is 17.6 Å². The van der Waals surface area contributed by atoms with E-state index < -0.39 is 63.6 Å². The third-order valence-corrected chi connectivity index (χ3v) is 4.36. The van der Waals surface area contributed by atoms with Gasteiger partial charge in [0.25, 0.3) is 5.60 Å². The van der Waals surface area contributed by atoms with Crippen molar-refractivity contribution in [3.8, 4) is 11.5 Å². The van der Waals surface area contributed by atoms with Gasteiger partial charge < -0.3 is 29.2 Å². The van der Waals surface area contributed by atoms with Crippen molar-refractivity contribution in [2.75, 3.05) is 13.2 Å². The van der Waals surface area contributed by atoms with Crippen molar-refractivity contribution in [2.24, 2.45) is 0 Å². The van der Waals surface area contributed by atoms with E-state index >= 15 is 0 Å². The summed E-state index contributed by atoms with van der Waals surface area (Å²) in [6.45, 7) is 2.81.